The maximum absolute atomic E-state index is 10.9. The van der Waals surface area contributed by atoms with E-state index in [4.69, 9.17) is 0 Å². The van der Waals surface area contributed by atoms with Crippen LogP contribution < -0.4 is 0 Å². The highest BCUT2D eigenvalue weighted by atomic mass is 16.1. The molecule has 0 saturated heterocycles. The van der Waals surface area contributed by atoms with Crippen LogP contribution in [0.15, 0.2) is 105 Å². The molecule has 0 N–H and O–H groups in total. The number of carbonyl (C=O) groups excluding carboxylic acids is 4. The Morgan fingerprint density at radius 1 is 0.450 bits per heavy atom. The Balaban J connectivity index is 2.02. The summed E-state index contributed by atoms with van der Waals surface area (Å²) in [5, 5.41) is 0. The zero-order valence-electron chi connectivity index (χ0n) is 21.7. The summed E-state index contributed by atoms with van der Waals surface area (Å²) in [4.78, 5) is 58.4. The molecule has 0 atom stereocenters. The molecular formula is C32H22N4O4. The number of hydrogen-bond donors (Lipinski definition) is 0. The highest BCUT2D eigenvalue weighted by Gasteiger charge is 2.30. The van der Waals surface area contributed by atoms with Gasteiger partial charge < -0.3 is 0 Å². The predicted octanol–water partition coefficient (Wildman–Crippen LogP) is 7.14. The Bertz CT molecular complexity index is 1610. The van der Waals surface area contributed by atoms with E-state index < -0.39 is 0 Å². The number of nitrogens with zero attached hydrogens (tertiary/aromatic N) is 4. The number of aliphatic imine (C=N–C) groups is 4. The van der Waals surface area contributed by atoms with E-state index in [1.54, 1.807) is 60.7 Å². The van der Waals surface area contributed by atoms with Crippen molar-refractivity contribution in [3.8, 4) is 0 Å². The van der Waals surface area contributed by atoms with Crippen molar-refractivity contribution >= 4 is 47.1 Å². The van der Waals surface area contributed by atoms with Gasteiger partial charge in [-0.15, -0.1) is 0 Å². The average molecular weight is 527 g/mol. The van der Waals surface area contributed by atoms with Gasteiger partial charge in [0.25, 0.3) is 0 Å². The third-order valence-electron chi connectivity index (χ3n) is 6.71. The van der Waals surface area contributed by atoms with E-state index in [0.717, 1.165) is 33.4 Å². The second-order valence-corrected chi connectivity index (χ2v) is 9.03. The first-order valence-corrected chi connectivity index (χ1v) is 12.2. The lowest BCUT2D eigenvalue weighted by Gasteiger charge is -2.32. The number of isocyanates is 4. The van der Waals surface area contributed by atoms with Gasteiger partial charge in [0.05, 0.1) is 22.7 Å². The zero-order valence-corrected chi connectivity index (χ0v) is 21.7. The Labute approximate surface area is 230 Å². The molecule has 40 heavy (non-hydrogen) atoms. The molecular weight excluding hydrogens is 504 g/mol. The molecule has 0 fully saturated rings. The molecule has 0 aliphatic carbocycles. The molecule has 4 rings (SSSR count). The molecule has 4 aromatic carbocycles. The van der Waals surface area contributed by atoms with Gasteiger partial charge >= 0.3 is 0 Å². The smallest absolute Gasteiger partial charge is 0.211 e. The molecule has 194 valence electrons. The fourth-order valence-corrected chi connectivity index (χ4v) is 4.98. The van der Waals surface area contributed by atoms with E-state index in [9.17, 15) is 19.2 Å². The van der Waals surface area contributed by atoms with Gasteiger partial charge in [-0.05, 0) is 95.8 Å². The van der Waals surface area contributed by atoms with E-state index in [2.05, 4.69) is 20.0 Å². The number of rotatable bonds is 9. The normalized spacial score (nSPS) is 11.6. The molecule has 0 aliphatic heterocycles. The van der Waals surface area contributed by atoms with Crippen molar-refractivity contribution in [3.05, 3.63) is 118 Å². The molecule has 0 heterocycles. The molecule has 8 nitrogen and oxygen atoms in total. The quantitative estimate of drug-likeness (QED) is 0.170. The van der Waals surface area contributed by atoms with Crippen LogP contribution in [0, 0.1) is 13.8 Å². The van der Waals surface area contributed by atoms with Crippen LogP contribution in [-0.4, -0.2) is 24.3 Å². The van der Waals surface area contributed by atoms with Gasteiger partial charge in [-0.1, -0.05) is 36.4 Å². The Morgan fingerprint density at radius 3 is 1.10 bits per heavy atom. The van der Waals surface area contributed by atoms with Crippen LogP contribution >= 0.6 is 0 Å². The highest BCUT2D eigenvalue weighted by Crippen LogP contribution is 2.46. The molecule has 0 aliphatic rings. The van der Waals surface area contributed by atoms with Crippen LogP contribution in [0.4, 0.5) is 22.7 Å². The third kappa shape index (κ3) is 6.09. The van der Waals surface area contributed by atoms with E-state index in [-0.39, 0.29) is 11.8 Å². The largest absolute Gasteiger partial charge is 0.240 e. The maximum Gasteiger partial charge on any atom is 0.240 e. The Morgan fingerprint density at radius 2 is 0.775 bits per heavy atom. The van der Waals surface area contributed by atoms with Crippen LogP contribution in [0.5, 0.6) is 0 Å². The number of aryl methyl sites for hydroxylation is 2. The lowest BCUT2D eigenvalue weighted by molar-refractivity contribution is 0.564. The summed E-state index contributed by atoms with van der Waals surface area (Å²) in [6, 6.07) is 25.7. The summed E-state index contributed by atoms with van der Waals surface area (Å²) in [6.07, 6.45) is 6.30. The second kappa shape index (κ2) is 12.8. The van der Waals surface area contributed by atoms with Gasteiger partial charge in [-0.25, -0.2) is 19.2 Å². The van der Waals surface area contributed by atoms with Crippen molar-refractivity contribution in [2.24, 2.45) is 20.0 Å². The molecule has 8 heteroatoms. The fraction of sp³-hybridized carbons (Fsp3) is 0.125. The summed E-state index contributed by atoms with van der Waals surface area (Å²) in [5.41, 5.74) is 7.58. The van der Waals surface area contributed by atoms with Crippen LogP contribution in [0.2, 0.25) is 0 Å². The van der Waals surface area contributed by atoms with Crippen molar-refractivity contribution in [3.63, 3.8) is 0 Å². The Kier molecular flexibility index (Phi) is 8.76. The first kappa shape index (κ1) is 27.4. The molecule has 0 spiro atoms. The first-order valence-electron chi connectivity index (χ1n) is 12.2. The lowest BCUT2D eigenvalue weighted by Crippen LogP contribution is -2.17. The maximum atomic E-state index is 10.9. The van der Waals surface area contributed by atoms with E-state index >= 15 is 0 Å². The molecule has 0 radical (unpaired) electrons. The summed E-state index contributed by atoms with van der Waals surface area (Å²) in [5.74, 6) is -0.522. The minimum absolute atomic E-state index is 0.260. The second-order valence-electron chi connectivity index (χ2n) is 9.03. The minimum atomic E-state index is -0.262. The average Bonchev–Trinajstić information content (AvgIpc) is 2.95. The molecule has 0 unspecified atom stereocenters. The van der Waals surface area contributed by atoms with Crippen LogP contribution in [0.25, 0.3) is 0 Å². The Hall–Kier alpha value is -5.60. The molecule has 0 amide bonds. The van der Waals surface area contributed by atoms with Gasteiger partial charge in [0.2, 0.25) is 24.3 Å². The van der Waals surface area contributed by atoms with Gasteiger partial charge in [0.1, 0.15) is 0 Å². The van der Waals surface area contributed by atoms with Crippen molar-refractivity contribution in [1.82, 2.24) is 0 Å². The van der Waals surface area contributed by atoms with Crippen molar-refractivity contribution < 1.29 is 19.2 Å². The van der Waals surface area contributed by atoms with Gasteiger partial charge in [-0.2, -0.15) is 20.0 Å². The third-order valence-corrected chi connectivity index (χ3v) is 6.71. The summed E-state index contributed by atoms with van der Waals surface area (Å²) in [6.45, 7) is 3.90. The summed E-state index contributed by atoms with van der Waals surface area (Å²) >= 11 is 0. The fourth-order valence-electron chi connectivity index (χ4n) is 4.98. The standard InChI is InChI=1S/C32H22N4O4/c1-21-15-27(35-19-39)11-13-29(21)32(30-14-12-28(36-20-40)16-22(30)2)31(23-3-7-25(8-4-23)33-17-37)24-5-9-26(10-6-24)34-18-38/h3-16,31-32H,1-2H3. The van der Waals surface area contributed by atoms with Crippen molar-refractivity contribution in [2.45, 2.75) is 25.7 Å². The van der Waals surface area contributed by atoms with E-state index in [1.807, 2.05) is 62.4 Å². The molecule has 4 aromatic rings. The van der Waals surface area contributed by atoms with Crippen molar-refractivity contribution in [1.29, 1.82) is 0 Å². The van der Waals surface area contributed by atoms with Gasteiger partial charge in [0.15, 0.2) is 0 Å². The lowest BCUT2D eigenvalue weighted by atomic mass is 9.71. The SMILES string of the molecule is Cc1cc(N=C=O)ccc1C(c1ccc(N=C=O)cc1C)C(c1ccc(N=C=O)cc1)c1ccc(N=C=O)cc1. The zero-order chi connectivity index (χ0) is 28.5. The molecule has 0 bridgehead atoms. The monoisotopic (exact) mass is 526 g/mol. The van der Waals surface area contributed by atoms with Gasteiger partial charge in [0, 0.05) is 11.8 Å². The predicted molar refractivity (Wildman–Crippen MR) is 150 cm³/mol. The van der Waals surface area contributed by atoms with Crippen molar-refractivity contribution in [2.75, 3.05) is 0 Å². The highest BCUT2D eigenvalue weighted by molar-refractivity contribution is 5.59. The summed E-state index contributed by atoms with van der Waals surface area (Å²) < 4.78 is 0. The minimum Gasteiger partial charge on any atom is -0.211 e. The van der Waals surface area contributed by atoms with Crippen LogP contribution in [-0.2, 0) is 19.2 Å². The number of benzene rings is 4. The first-order chi connectivity index (χ1) is 19.5. The topological polar surface area (TPSA) is 118 Å². The molecule has 0 aromatic heterocycles. The number of hydrogen-bond acceptors (Lipinski definition) is 8. The molecule has 0 saturated carbocycles. The summed E-state index contributed by atoms with van der Waals surface area (Å²) in [7, 11) is 0. The van der Waals surface area contributed by atoms with Gasteiger partial charge in [-0.3, -0.25) is 0 Å². The van der Waals surface area contributed by atoms with Crippen LogP contribution in [0.1, 0.15) is 45.2 Å². The van der Waals surface area contributed by atoms with E-state index in [1.165, 1.54) is 0 Å². The van der Waals surface area contributed by atoms with Crippen LogP contribution in [0.3, 0.4) is 0 Å². The van der Waals surface area contributed by atoms with E-state index in [0.29, 0.717) is 22.7 Å².